The fraction of sp³-hybridized carbons (Fsp3) is 0.571. The summed E-state index contributed by atoms with van der Waals surface area (Å²) in [6.45, 7) is 0. The first kappa shape index (κ1) is 15.2. The topological polar surface area (TPSA) is 95.7 Å². The second-order valence-electron chi connectivity index (χ2n) is 5.26. The van der Waals surface area contributed by atoms with Crippen LogP contribution in [0.5, 0.6) is 0 Å². The van der Waals surface area contributed by atoms with Gasteiger partial charge in [0.25, 0.3) is 5.70 Å². The summed E-state index contributed by atoms with van der Waals surface area (Å²) in [5, 5.41) is 10.5. The molecule has 0 bridgehead atoms. The van der Waals surface area contributed by atoms with Crippen LogP contribution in [0.25, 0.3) is 0 Å². The Kier molecular flexibility index (Phi) is 4.72. The van der Waals surface area contributed by atoms with Crippen LogP contribution < -0.4 is 0 Å². The maximum absolute atomic E-state index is 11.9. The largest absolute Gasteiger partial charge is 0.469 e. The fourth-order valence-corrected chi connectivity index (χ4v) is 2.43. The lowest BCUT2D eigenvalue weighted by Crippen LogP contribution is -2.36. The third kappa shape index (κ3) is 3.90. The van der Waals surface area contributed by atoms with Crippen molar-refractivity contribution >= 4 is 11.9 Å². The molecule has 0 radical (unpaired) electrons. The third-order valence-electron chi connectivity index (χ3n) is 3.75. The Morgan fingerprint density at radius 3 is 2.67 bits per heavy atom. The maximum Gasteiger partial charge on any atom is 0.313 e. The number of esters is 2. The van der Waals surface area contributed by atoms with Crippen molar-refractivity contribution in [1.82, 2.24) is 0 Å². The van der Waals surface area contributed by atoms with Crippen molar-refractivity contribution in [2.24, 2.45) is 11.8 Å². The van der Waals surface area contributed by atoms with E-state index in [2.05, 4.69) is 4.74 Å². The molecule has 1 unspecified atom stereocenters. The molecule has 114 valence electrons. The molecule has 0 aromatic rings. The van der Waals surface area contributed by atoms with E-state index in [1.165, 1.54) is 25.3 Å². The molecule has 7 heteroatoms. The van der Waals surface area contributed by atoms with E-state index in [0.717, 1.165) is 0 Å². The third-order valence-corrected chi connectivity index (χ3v) is 3.75. The highest BCUT2D eigenvalue weighted by molar-refractivity contribution is 5.75. The minimum Gasteiger partial charge on any atom is -0.469 e. The number of hydrogen-bond acceptors (Lipinski definition) is 6. The average Bonchev–Trinajstić information content (AvgIpc) is 2.44. The summed E-state index contributed by atoms with van der Waals surface area (Å²) in [6, 6.07) is 0. The Balaban J connectivity index is 1.72. The predicted octanol–water partition coefficient (Wildman–Crippen LogP) is 1.61. The Morgan fingerprint density at radius 1 is 1.43 bits per heavy atom. The van der Waals surface area contributed by atoms with E-state index in [-0.39, 0.29) is 36.1 Å². The van der Waals surface area contributed by atoms with Crippen LogP contribution in [0, 0.1) is 22.0 Å². The molecule has 2 aliphatic carbocycles. The molecule has 0 saturated heterocycles. The molecule has 7 nitrogen and oxygen atoms in total. The van der Waals surface area contributed by atoms with Gasteiger partial charge in [-0.05, 0) is 31.3 Å². The second-order valence-corrected chi connectivity index (χ2v) is 5.26. The van der Waals surface area contributed by atoms with E-state index in [0.29, 0.717) is 19.3 Å². The van der Waals surface area contributed by atoms with Crippen LogP contribution in [0.1, 0.15) is 25.7 Å². The van der Waals surface area contributed by atoms with Gasteiger partial charge in [0.1, 0.15) is 6.10 Å². The molecular weight excluding hydrogens is 278 g/mol. The smallest absolute Gasteiger partial charge is 0.313 e. The van der Waals surface area contributed by atoms with Gasteiger partial charge in [0.15, 0.2) is 0 Å². The summed E-state index contributed by atoms with van der Waals surface area (Å²) >= 11 is 0. The zero-order valence-corrected chi connectivity index (χ0v) is 11.7. The molecule has 0 aromatic carbocycles. The molecule has 0 spiro atoms. The highest BCUT2D eigenvalue weighted by Gasteiger charge is 2.35. The highest BCUT2D eigenvalue weighted by Crippen LogP contribution is 2.34. The molecule has 0 heterocycles. The summed E-state index contributed by atoms with van der Waals surface area (Å²) in [5.74, 6) is -0.879. The van der Waals surface area contributed by atoms with E-state index >= 15 is 0 Å². The van der Waals surface area contributed by atoms with E-state index in [9.17, 15) is 19.7 Å². The average molecular weight is 295 g/mol. The zero-order valence-electron chi connectivity index (χ0n) is 11.7. The van der Waals surface area contributed by atoms with E-state index in [4.69, 9.17) is 4.74 Å². The zero-order chi connectivity index (χ0) is 15.4. The molecule has 0 N–H and O–H groups in total. The molecule has 2 rings (SSSR count). The van der Waals surface area contributed by atoms with Gasteiger partial charge in [-0.1, -0.05) is 6.08 Å². The van der Waals surface area contributed by atoms with Crippen molar-refractivity contribution in [3.63, 3.8) is 0 Å². The van der Waals surface area contributed by atoms with Crippen LogP contribution >= 0.6 is 0 Å². The van der Waals surface area contributed by atoms with Crippen molar-refractivity contribution < 1.29 is 24.0 Å². The minimum absolute atomic E-state index is 0.000774. The minimum atomic E-state index is -0.485. The number of methoxy groups -OCH3 is 1. The van der Waals surface area contributed by atoms with Crippen LogP contribution in [-0.4, -0.2) is 30.1 Å². The maximum atomic E-state index is 11.9. The Labute approximate surface area is 121 Å². The lowest BCUT2D eigenvalue weighted by molar-refractivity contribution is -0.419. The Hall–Kier alpha value is -2.18. The van der Waals surface area contributed by atoms with E-state index in [1.807, 2.05) is 0 Å². The van der Waals surface area contributed by atoms with Crippen LogP contribution in [0.3, 0.4) is 0 Å². The van der Waals surface area contributed by atoms with Crippen molar-refractivity contribution in [3.8, 4) is 0 Å². The second kappa shape index (κ2) is 6.51. The van der Waals surface area contributed by atoms with Crippen molar-refractivity contribution in [2.45, 2.75) is 31.8 Å². The number of carbonyl (C=O) groups is 2. The number of hydrogen-bond donors (Lipinski definition) is 0. The first-order valence-corrected chi connectivity index (χ1v) is 6.79. The molecule has 1 saturated carbocycles. The number of carbonyl (C=O) groups excluding carboxylic acids is 2. The molecule has 1 atom stereocenters. The monoisotopic (exact) mass is 295 g/mol. The fourth-order valence-electron chi connectivity index (χ4n) is 2.43. The summed E-state index contributed by atoms with van der Waals surface area (Å²) in [6.07, 6.45) is 6.04. The summed E-state index contributed by atoms with van der Waals surface area (Å²) in [4.78, 5) is 33.0. The lowest BCUT2D eigenvalue weighted by Gasteiger charge is -2.34. The summed E-state index contributed by atoms with van der Waals surface area (Å²) in [7, 11) is 1.35. The lowest BCUT2D eigenvalue weighted by atomic mass is 9.80. The number of ether oxygens (including phenoxy) is 2. The first-order valence-electron chi connectivity index (χ1n) is 6.79. The Bertz CT molecular complexity index is 504. The molecule has 0 amide bonds. The van der Waals surface area contributed by atoms with Gasteiger partial charge >= 0.3 is 11.9 Å². The van der Waals surface area contributed by atoms with Crippen molar-refractivity contribution in [2.75, 3.05) is 7.11 Å². The van der Waals surface area contributed by atoms with Crippen LogP contribution in [-0.2, 0) is 19.1 Å². The van der Waals surface area contributed by atoms with Gasteiger partial charge in [-0.3, -0.25) is 19.7 Å². The van der Waals surface area contributed by atoms with E-state index < -0.39 is 10.8 Å². The first-order chi connectivity index (χ1) is 9.99. The van der Waals surface area contributed by atoms with Crippen LogP contribution in [0.4, 0.5) is 0 Å². The Morgan fingerprint density at radius 2 is 2.14 bits per heavy atom. The molecule has 2 aliphatic rings. The number of rotatable bonds is 5. The van der Waals surface area contributed by atoms with Gasteiger partial charge in [0.05, 0.1) is 18.0 Å². The summed E-state index contributed by atoms with van der Waals surface area (Å²) in [5.41, 5.74) is 0.000774. The normalized spacial score (nSPS) is 27.3. The standard InChI is InChI=1S/C14H17NO6/c1-20-13(16)8-9-6-12(7-9)21-14(17)10-2-4-11(5-3-10)15(18)19/h2,4-5,9-10,12H,3,6-8H2,1H3/t9-,10?,12-. The van der Waals surface area contributed by atoms with Gasteiger partial charge in [-0.25, -0.2) is 0 Å². The molecule has 21 heavy (non-hydrogen) atoms. The van der Waals surface area contributed by atoms with Crippen molar-refractivity contribution in [1.29, 1.82) is 0 Å². The molecule has 0 aliphatic heterocycles. The molecule has 0 aromatic heterocycles. The van der Waals surface area contributed by atoms with Gasteiger partial charge in [-0.2, -0.15) is 0 Å². The number of nitrogens with zero attached hydrogens (tertiary/aromatic N) is 1. The predicted molar refractivity (Wildman–Crippen MR) is 71.6 cm³/mol. The highest BCUT2D eigenvalue weighted by atomic mass is 16.6. The number of nitro groups is 1. The van der Waals surface area contributed by atoms with Gasteiger partial charge < -0.3 is 9.47 Å². The number of allylic oxidation sites excluding steroid dienone is 2. The molecular formula is C14H17NO6. The van der Waals surface area contributed by atoms with Crippen LogP contribution in [0.2, 0.25) is 0 Å². The van der Waals surface area contributed by atoms with Gasteiger partial charge in [0, 0.05) is 12.5 Å². The quantitative estimate of drug-likeness (QED) is 0.434. The van der Waals surface area contributed by atoms with Crippen LogP contribution in [0.15, 0.2) is 23.9 Å². The van der Waals surface area contributed by atoms with Crippen molar-refractivity contribution in [3.05, 3.63) is 34.0 Å². The van der Waals surface area contributed by atoms with Gasteiger partial charge in [-0.15, -0.1) is 0 Å². The molecule has 1 fully saturated rings. The summed E-state index contributed by atoms with van der Waals surface area (Å²) < 4.78 is 9.91. The van der Waals surface area contributed by atoms with Gasteiger partial charge in [0.2, 0.25) is 0 Å². The SMILES string of the molecule is COC(=O)C[C@H]1C[C@H](OC(=O)C2C=CC([N+](=O)[O-])=CC2)C1. The van der Waals surface area contributed by atoms with E-state index in [1.54, 1.807) is 0 Å².